The van der Waals surface area contributed by atoms with Crippen LogP contribution in [0.4, 0.5) is 0 Å². The fraction of sp³-hybridized carbons (Fsp3) is 0.647. The lowest BCUT2D eigenvalue weighted by molar-refractivity contribution is 0.254. The van der Waals surface area contributed by atoms with Crippen molar-refractivity contribution in [3.05, 3.63) is 35.4 Å². The second-order valence-corrected chi connectivity index (χ2v) is 6.51. The first-order valence-corrected chi connectivity index (χ1v) is 7.72. The largest absolute Gasteiger partial charge is 0.306 e. The van der Waals surface area contributed by atoms with Crippen LogP contribution in [0.1, 0.15) is 50.3 Å². The van der Waals surface area contributed by atoms with E-state index < -0.39 is 0 Å². The maximum atomic E-state index is 3.82. The van der Waals surface area contributed by atoms with Crippen molar-refractivity contribution in [2.75, 3.05) is 6.54 Å². The molecule has 1 N–H and O–H groups in total. The van der Waals surface area contributed by atoms with Crippen LogP contribution in [0, 0.1) is 6.92 Å². The van der Waals surface area contributed by atoms with Crippen LogP contribution in [0.2, 0.25) is 0 Å². The molecule has 3 rings (SSSR count). The molecule has 0 spiro atoms. The van der Waals surface area contributed by atoms with E-state index >= 15 is 0 Å². The summed E-state index contributed by atoms with van der Waals surface area (Å²) in [6.45, 7) is 8.08. The van der Waals surface area contributed by atoms with Crippen molar-refractivity contribution >= 4 is 0 Å². The molecule has 1 aromatic carbocycles. The summed E-state index contributed by atoms with van der Waals surface area (Å²) in [7, 11) is 0. The summed E-state index contributed by atoms with van der Waals surface area (Å²) < 4.78 is 0. The van der Waals surface area contributed by atoms with Crippen molar-refractivity contribution in [3.8, 4) is 0 Å². The highest BCUT2D eigenvalue weighted by Crippen LogP contribution is 2.33. The first kappa shape index (κ1) is 13.1. The molecule has 3 atom stereocenters. The minimum atomic E-state index is 0.455. The summed E-state index contributed by atoms with van der Waals surface area (Å²) >= 11 is 0. The van der Waals surface area contributed by atoms with Gasteiger partial charge in [0.15, 0.2) is 0 Å². The number of aryl methyl sites for hydroxylation is 1. The predicted molar refractivity (Wildman–Crippen MR) is 80.3 cm³/mol. The molecular weight excluding hydrogens is 232 g/mol. The van der Waals surface area contributed by atoms with Crippen molar-refractivity contribution in [1.29, 1.82) is 0 Å². The van der Waals surface area contributed by atoms with Crippen molar-refractivity contribution in [1.82, 2.24) is 10.2 Å². The smallest absolute Gasteiger partial charge is 0.0294 e. The Hall–Kier alpha value is -0.860. The van der Waals surface area contributed by atoms with E-state index in [1.807, 2.05) is 0 Å². The van der Waals surface area contributed by atoms with Crippen LogP contribution in [-0.2, 0) is 0 Å². The molecule has 1 heterocycles. The Morgan fingerprint density at radius 1 is 1.32 bits per heavy atom. The van der Waals surface area contributed by atoms with Crippen molar-refractivity contribution in [3.63, 3.8) is 0 Å². The molecule has 2 aliphatic rings. The number of nitrogens with zero attached hydrogens (tertiary/aromatic N) is 1. The number of nitrogens with one attached hydrogen (secondary N) is 1. The molecular formula is C17H26N2. The monoisotopic (exact) mass is 258 g/mol. The van der Waals surface area contributed by atoms with E-state index in [1.165, 1.54) is 36.9 Å². The zero-order valence-electron chi connectivity index (χ0n) is 12.4. The van der Waals surface area contributed by atoms with E-state index in [1.54, 1.807) is 0 Å². The number of likely N-dealkylation sites (tertiary alicyclic amines) is 1. The van der Waals surface area contributed by atoms with Gasteiger partial charge in [-0.15, -0.1) is 0 Å². The number of rotatable bonds is 4. The summed E-state index contributed by atoms with van der Waals surface area (Å²) in [6.07, 6.45) is 4.14. The van der Waals surface area contributed by atoms with E-state index in [9.17, 15) is 0 Å². The summed E-state index contributed by atoms with van der Waals surface area (Å²) in [6, 6.07) is 11.6. The van der Waals surface area contributed by atoms with Crippen molar-refractivity contribution in [2.24, 2.45) is 0 Å². The van der Waals surface area contributed by atoms with Gasteiger partial charge in [-0.05, 0) is 45.6 Å². The van der Waals surface area contributed by atoms with E-state index in [-0.39, 0.29) is 0 Å². The molecule has 104 valence electrons. The molecule has 1 aliphatic heterocycles. The van der Waals surface area contributed by atoms with Crippen LogP contribution in [0.3, 0.4) is 0 Å². The lowest BCUT2D eigenvalue weighted by Gasteiger charge is -2.21. The highest BCUT2D eigenvalue weighted by atomic mass is 15.3. The van der Waals surface area contributed by atoms with Gasteiger partial charge in [0.2, 0.25) is 0 Å². The van der Waals surface area contributed by atoms with Crippen LogP contribution in [0.5, 0.6) is 0 Å². The fourth-order valence-electron chi connectivity index (χ4n) is 3.48. The van der Waals surface area contributed by atoms with E-state index in [0.29, 0.717) is 12.1 Å². The quantitative estimate of drug-likeness (QED) is 0.891. The third-order valence-corrected chi connectivity index (χ3v) is 4.67. The van der Waals surface area contributed by atoms with Gasteiger partial charge in [0.25, 0.3) is 0 Å². The Balaban J connectivity index is 1.59. The minimum absolute atomic E-state index is 0.455. The molecule has 2 heteroatoms. The van der Waals surface area contributed by atoms with Gasteiger partial charge in [0.1, 0.15) is 0 Å². The summed E-state index contributed by atoms with van der Waals surface area (Å²) in [5.41, 5.74) is 2.77. The van der Waals surface area contributed by atoms with Crippen LogP contribution in [-0.4, -0.2) is 29.6 Å². The number of hydrogen-bond donors (Lipinski definition) is 1. The second-order valence-electron chi connectivity index (χ2n) is 6.51. The van der Waals surface area contributed by atoms with Crippen LogP contribution in [0.15, 0.2) is 24.3 Å². The molecule has 1 saturated carbocycles. The van der Waals surface area contributed by atoms with Gasteiger partial charge in [-0.2, -0.15) is 0 Å². The van der Waals surface area contributed by atoms with E-state index in [4.69, 9.17) is 0 Å². The van der Waals surface area contributed by atoms with Gasteiger partial charge < -0.3 is 5.32 Å². The maximum Gasteiger partial charge on any atom is 0.0294 e. The lowest BCUT2D eigenvalue weighted by atomic mass is 10.0. The summed E-state index contributed by atoms with van der Waals surface area (Å²) in [5.74, 6) is 0. The highest BCUT2D eigenvalue weighted by molar-refractivity contribution is 5.24. The fourth-order valence-corrected chi connectivity index (χ4v) is 3.48. The van der Waals surface area contributed by atoms with Crippen LogP contribution < -0.4 is 5.32 Å². The minimum Gasteiger partial charge on any atom is -0.306 e. The first-order valence-electron chi connectivity index (χ1n) is 7.72. The molecule has 19 heavy (non-hydrogen) atoms. The Morgan fingerprint density at radius 2 is 2.11 bits per heavy atom. The molecule has 1 saturated heterocycles. The summed E-state index contributed by atoms with van der Waals surface area (Å²) in [5, 5.41) is 3.82. The third kappa shape index (κ3) is 3.01. The van der Waals surface area contributed by atoms with Crippen molar-refractivity contribution in [2.45, 2.75) is 64.2 Å². The SMILES string of the molecule is Cc1cccc([C@H](C)NC2CC(C)N(C3CC3)C2)c1. The Morgan fingerprint density at radius 3 is 2.79 bits per heavy atom. The second kappa shape index (κ2) is 5.26. The first-order chi connectivity index (χ1) is 9.13. The van der Waals surface area contributed by atoms with E-state index in [2.05, 4.69) is 55.3 Å². The van der Waals surface area contributed by atoms with Gasteiger partial charge in [0, 0.05) is 30.7 Å². The Bertz CT molecular complexity index is 439. The van der Waals surface area contributed by atoms with Gasteiger partial charge in [0.05, 0.1) is 0 Å². The standard InChI is InChI=1S/C17H26N2/c1-12-5-4-6-15(9-12)14(3)18-16-10-13(2)19(11-16)17-7-8-17/h4-6,9,13-14,16-18H,7-8,10-11H2,1-3H3/t13?,14-,16?/m0/s1. The molecule has 2 unspecified atom stereocenters. The number of benzene rings is 1. The van der Waals surface area contributed by atoms with E-state index in [0.717, 1.165) is 12.1 Å². The Labute approximate surface area is 117 Å². The number of hydrogen-bond acceptors (Lipinski definition) is 2. The normalized spacial score (nSPS) is 29.6. The molecule has 0 bridgehead atoms. The molecule has 0 amide bonds. The van der Waals surface area contributed by atoms with Gasteiger partial charge >= 0.3 is 0 Å². The molecule has 1 aromatic rings. The topological polar surface area (TPSA) is 15.3 Å². The van der Waals surface area contributed by atoms with Crippen molar-refractivity contribution < 1.29 is 0 Å². The average Bonchev–Trinajstić information content (AvgIpc) is 3.14. The van der Waals surface area contributed by atoms with Crippen LogP contribution >= 0.6 is 0 Å². The zero-order valence-corrected chi connectivity index (χ0v) is 12.4. The van der Waals surface area contributed by atoms with Gasteiger partial charge in [-0.1, -0.05) is 29.8 Å². The molecule has 0 aromatic heterocycles. The predicted octanol–water partition coefficient (Wildman–Crippen LogP) is 3.27. The van der Waals surface area contributed by atoms with Gasteiger partial charge in [-0.25, -0.2) is 0 Å². The zero-order chi connectivity index (χ0) is 13.4. The van der Waals surface area contributed by atoms with Crippen LogP contribution in [0.25, 0.3) is 0 Å². The Kier molecular flexibility index (Phi) is 3.64. The summed E-state index contributed by atoms with van der Waals surface area (Å²) in [4.78, 5) is 2.71. The lowest BCUT2D eigenvalue weighted by Crippen LogP contribution is -2.35. The third-order valence-electron chi connectivity index (χ3n) is 4.67. The maximum absolute atomic E-state index is 3.82. The highest BCUT2D eigenvalue weighted by Gasteiger charge is 2.38. The molecule has 2 nitrogen and oxygen atoms in total. The van der Waals surface area contributed by atoms with Gasteiger partial charge in [-0.3, -0.25) is 4.90 Å². The molecule has 2 fully saturated rings. The molecule has 0 radical (unpaired) electrons. The average molecular weight is 258 g/mol. The molecule has 1 aliphatic carbocycles.